The lowest BCUT2D eigenvalue weighted by Gasteiger charge is -2.36. The largest absolute Gasteiger partial charge is 0.543 e. The zero-order valence-corrected chi connectivity index (χ0v) is 14.2. The van der Waals surface area contributed by atoms with Crippen molar-refractivity contribution in [3.8, 4) is 5.75 Å². The number of benzene rings is 1. The normalized spacial score (nSPS) is 13.4. The highest BCUT2D eigenvalue weighted by Crippen LogP contribution is 2.39. The highest BCUT2D eigenvalue weighted by molar-refractivity contribution is 8.13. The van der Waals surface area contributed by atoms with E-state index in [0.29, 0.717) is 0 Å². The minimum Gasteiger partial charge on any atom is -0.543 e. The van der Waals surface area contributed by atoms with Gasteiger partial charge in [0.1, 0.15) is 16.5 Å². The zero-order valence-electron chi connectivity index (χ0n) is 11.6. The summed E-state index contributed by atoms with van der Waals surface area (Å²) in [6.07, 6.45) is 0. The molecule has 0 atom stereocenters. The molecule has 0 aliphatic rings. The average molecular weight is 325 g/mol. The van der Waals surface area contributed by atoms with E-state index >= 15 is 0 Å². The zero-order chi connectivity index (χ0) is 15.1. The second-order valence-corrected chi connectivity index (χ2v) is 13.2. The Balaban J connectivity index is 3.31. The summed E-state index contributed by atoms with van der Waals surface area (Å²) >= 11 is 0. The fourth-order valence-electron chi connectivity index (χ4n) is 1.18. The summed E-state index contributed by atoms with van der Waals surface area (Å²) in [7, 11) is -0.943. The molecule has 0 spiro atoms. The maximum atomic E-state index is 13.2. The highest BCUT2D eigenvalue weighted by atomic mass is 35.7. The van der Waals surface area contributed by atoms with Crippen LogP contribution < -0.4 is 4.43 Å². The molecule has 0 bridgehead atoms. The van der Waals surface area contributed by atoms with Gasteiger partial charge in [-0.25, -0.2) is 12.8 Å². The smallest absolute Gasteiger partial charge is 0.265 e. The molecule has 7 heteroatoms. The van der Waals surface area contributed by atoms with Crippen LogP contribution in [0.4, 0.5) is 4.39 Å². The molecule has 0 radical (unpaired) electrons. The third-order valence-electron chi connectivity index (χ3n) is 3.34. The molecule has 1 aromatic carbocycles. The Labute approximate surface area is 119 Å². The van der Waals surface area contributed by atoms with E-state index in [1.807, 2.05) is 33.9 Å². The molecule has 1 rings (SSSR count). The van der Waals surface area contributed by atoms with Crippen molar-refractivity contribution in [3.63, 3.8) is 0 Å². The summed E-state index contributed by atoms with van der Waals surface area (Å²) in [5, 5.41) is -0.102. The fraction of sp³-hybridized carbons (Fsp3) is 0.500. The molecule has 1 aromatic rings. The lowest BCUT2D eigenvalue weighted by molar-refractivity contribution is 0.477. The van der Waals surface area contributed by atoms with Crippen molar-refractivity contribution in [2.75, 3.05) is 0 Å². The van der Waals surface area contributed by atoms with E-state index in [1.165, 1.54) is 6.07 Å². The Bertz CT molecular complexity index is 579. The van der Waals surface area contributed by atoms with Crippen LogP contribution in [-0.4, -0.2) is 16.7 Å². The quantitative estimate of drug-likeness (QED) is 0.620. The van der Waals surface area contributed by atoms with Gasteiger partial charge in [0.15, 0.2) is 0 Å². The summed E-state index contributed by atoms with van der Waals surface area (Å²) in [5.41, 5.74) is 0. The van der Waals surface area contributed by atoms with Crippen LogP contribution >= 0.6 is 10.7 Å². The van der Waals surface area contributed by atoms with E-state index in [9.17, 15) is 12.8 Å². The van der Waals surface area contributed by atoms with Crippen LogP contribution in [0.15, 0.2) is 23.1 Å². The Kier molecular flexibility index (Phi) is 4.39. The molecule has 0 amide bonds. The summed E-state index contributed by atoms with van der Waals surface area (Å²) in [5.74, 6) is -0.551. The van der Waals surface area contributed by atoms with E-state index in [0.717, 1.165) is 12.1 Å². The van der Waals surface area contributed by atoms with Gasteiger partial charge in [-0.1, -0.05) is 20.8 Å². The molecule has 0 saturated heterocycles. The molecule has 0 aliphatic carbocycles. The van der Waals surface area contributed by atoms with Gasteiger partial charge < -0.3 is 4.43 Å². The molecule has 0 unspecified atom stereocenters. The van der Waals surface area contributed by atoms with Crippen molar-refractivity contribution in [2.45, 2.75) is 43.8 Å². The van der Waals surface area contributed by atoms with Crippen LogP contribution in [0.5, 0.6) is 5.75 Å². The van der Waals surface area contributed by atoms with Gasteiger partial charge in [-0.15, -0.1) is 0 Å². The number of rotatable bonds is 3. The Morgan fingerprint density at radius 1 is 1.26 bits per heavy atom. The molecule has 3 nitrogen and oxygen atoms in total. The van der Waals surface area contributed by atoms with Crippen molar-refractivity contribution in [2.24, 2.45) is 0 Å². The van der Waals surface area contributed by atoms with E-state index < -0.39 is 23.2 Å². The summed E-state index contributed by atoms with van der Waals surface area (Å²) in [6, 6.07) is 3.35. The van der Waals surface area contributed by atoms with E-state index in [4.69, 9.17) is 15.1 Å². The summed E-state index contributed by atoms with van der Waals surface area (Å²) in [6.45, 7) is 10.0. The van der Waals surface area contributed by atoms with Crippen LogP contribution in [0.1, 0.15) is 20.8 Å². The van der Waals surface area contributed by atoms with Gasteiger partial charge in [-0.05, 0) is 36.3 Å². The van der Waals surface area contributed by atoms with E-state index in [-0.39, 0.29) is 15.7 Å². The minimum atomic E-state index is -4.04. The predicted molar refractivity (Wildman–Crippen MR) is 77.3 cm³/mol. The van der Waals surface area contributed by atoms with Gasteiger partial charge in [-0.2, -0.15) is 0 Å². The molecule has 19 heavy (non-hydrogen) atoms. The second kappa shape index (κ2) is 5.07. The van der Waals surface area contributed by atoms with Crippen LogP contribution in [0.25, 0.3) is 0 Å². The molecular formula is C12H18ClFO3SSi. The molecule has 0 fully saturated rings. The Morgan fingerprint density at radius 2 is 1.79 bits per heavy atom. The van der Waals surface area contributed by atoms with Gasteiger partial charge >= 0.3 is 0 Å². The predicted octanol–water partition coefficient (Wildman–Crippen LogP) is 4.14. The van der Waals surface area contributed by atoms with Gasteiger partial charge in [0.2, 0.25) is 0 Å². The molecule has 0 aliphatic heterocycles. The fourth-order valence-corrected chi connectivity index (χ4v) is 3.26. The van der Waals surface area contributed by atoms with Gasteiger partial charge in [0.25, 0.3) is 17.4 Å². The summed E-state index contributed by atoms with van der Waals surface area (Å²) < 4.78 is 42.0. The van der Waals surface area contributed by atoms with Gasteiger partial charge in [-0.3, -0.25) is 0 Å². The minimum absolute atomic E-state index is 0.102. The molecule has 0 heterocycles. The number of hydrogen-bond acceptors (Lipinski definition) is 3. The van der Waals surface area contributed by atoms with Crippen molar-refractivity contribution < 1.29 is 17.2 Å². The lowest BCUT2D eigenvalue weighted by Crippen LogP contribution is -2.44. The number of halogens is 2. The first-order valence-corrected chi connectivity index (χ1v) is 11.0. The van der Waals surface area contributed by atoms with E-state index in [1.54, 1.807) is 0 Å². The maximum absolute atomic E-state index is 13.2. The maximum Gasteiger partial charge on any atom is 0.265 e. The van der Waals surface area contributed by atoms with Crippen molar-refractivity contribution in [3.05, 3.63) is 24.0 Å². The Hall–Kier alpha value is -0.593. The van der Waals surface area contributed by atoms with Crippen LogP contribution in [0.3, 0.4) is 0 Å². The van der Waals surface area contributed by atoms with E-state index in [2.05, 4.69) is 0 Å². The standard InChI is InChI=1S/C12H18ClFO3SSi/c1-12(2,3)19(4,5)17-10-7-6-9(14)8-11(10)18(13,15)16/h6-8H,1-5H3. The molecule has 0 aromatic heterocycles. The molecule has 108 valence electrons. The first-order valence-electron chi connectivity index (χ1n) is 5.78. The van der Waals surface area contributed by atoms with Crippen molar-refractivity contribution in [1.82, 2.24) is 0 Å². The van der Waals surface area contributed by atoms with Crippen LogP contribution in [0.2, 0.25) is 18.1 Å². The number of hydrogen-bond donors (Lipinski definition) is 0. The lowest BCUT2D eigenvalue weighted by atomic mass is 10.2. The highest BCUT2D eigenvalue weighted by Gasteiger charge is 2.40. The second-order valence-electron chi connectivity index (χ2n) is 5.89. The Morgan fingerprint density at radius 3 is 2.21 bits per heavy atom. The van der Waals surface area contributed by atoms with Crippen molar-refractivity contribution >= 4 is 28.1 Å². The van der Waals surface area contributed by atoms with Gasteiger partial charge in [0.05, 0.1) is 0 Å². The monoisotopic (exact) mass is 324 g/mol. The van der Waals surface area contributed by atoms with Crippen LogP contribution in [0, 0.1) is 5.82 Å². The summed E-state index contributed by atoms with van der Waals surface area (Å²) in [4.78, 5) is -0.320. The molecule has 0 N–H and O–H groups in total. The first-order chi connectivity index (χ1) is 8.34. The van der Waals surface area contributed by atoms with Crippen molar-refractivity contribution in [1.29, 1.82) is 0 Å². The van der Waals surface area contributed by atoms with Crippen LogP contribution in [-0.2, 0) is 9.05 Å². The topological polar surface area (TPSA) is 43.4 Å². The average Bonchev–Trinajstić information content (AvgIpc) is 2.17. The molecule has 0 saturated carbocycles. The third-order valence-corrected chi connectivity index (χ3v) is 9.03. The van der Waals surface area contributed by atoms with Gasteiger partial charge in [0, 0.05) is 10.7 Å². The SMILES string of the molecule is CC(C)(C)[Si](C)(C)Oc1ccc(F)cc1S(=O)(=O)Cl. The molecular weight excluding hydrogens is 307 g/mol. The first kappa shape index (κ1) is 16.5. The third kappa shape index (κ3) is 3.93.